The summed E-state index contributed by atoms with van der Waals surface area (Å²) in [6.07, 6.45) is 11.8. The maximum absolute atomic E-state index is 6.20. The van der Waals surface area contributed by atoms with Gasteiger partial charge in [-0.1, -0.05) is 19.8 Å². The Labute approximate surface area is 112 Å². The SMILES string of the molecule is CCCNCC1(C2CCCC2)CCOC1C1CC1. The molecule has 2 aliphatic carbocycles. The Balaban J connectivity index is 1.72. The van der Waals surface area contributed by atoms with Gasteiger partial charge in [-0.15, -0.1) is 0 Å². The molecule has 3 aliphatic rings. The first-order valence-electron chi connectivity index (χ1n) is 8.19. The van der Waals surface area contributed by atoms with Crippen LogP contribution in [0.15, 0.2) is 0 Å². The Kier molecular flexibility index (Phi) is 3.95. The lowest BCUT2D eigenvalue weighted by Crippen LogP contribution is -2.46. The van der Waals surface area contributed by atoms with Gasteiger partial charge in [-0.05, 0) is 56.9 Å². The average Bonchev–Trinajstić information content (AvgIpc) is 2.93. The molecular formula is C16H29NO. The molecule has 2 heteroatoms. The van der Waals surface area contributed by atoms with E-state index in [-0.39, 0.29) is 0 Å². The molecule has 0 radical (unpaired) electrons. The van der Waals surface area contributed by atoms with Gasteiger partial charge in [0.05, 0.1) is 6.10 Å². The minimum atomic E-state index is 0.493. The molecule has 2 unspecified atom stereocenters. The molecule has 2 saturated carbocycles. The van der Waals surface area contributed by atoms with E-state index in [1.807, 2.05) is 0 Å². The van der Waals surface area contributed by atoms with Gasteiger partial charge in [-0.25, -0.2) is 0 Å². The summed E-state index contributed by atoms with van der Waals surface area (Å²) >= 11 is 0. The number of rotatable bonds is 6. The van der Waals surface area contributed by atoms with Crippen LogP contribution in [0.1, 0.15) is 58.3 Å². The van der Waals surface area contributed by atoms with Crippen molar-refractivity contribution >= 4 is 0 Å². The second kappa shape index (κ2) is 5.50. The minimum Gasteiger partial charge on any atom is -0.377 e. The number of nitrogens with one attached hydrogen (secondary N) is 1. The Bertz CT molecular complexity index is 270. The highest BCUT2D eigenvalue weighted by atomic mass is 16.5. The Hall–Kier alpha value is -0.0800. The smallest absolute Gasteiger partial charge is 0.0675 e. The largest absolute Gasteiger partial charge is 0.377 e. The van der Waals surface area contributed by atoms with E-state index < -0.39 is 0 Å². The van der Waals surface area contributed by atoms with Crippen molar-refractivity contribution in [2.24, 2.45) is 17.3 Å². The summed E-state index contributed by atoms with van der Waals surface area (Å²) < 4.78 is 6.20. The summed E-state index contributed by atoms with van der Waals surface area (Å²) in [6.45, 7) is 5.67. The van der Waals surface area contributed by atoms with Crippen LogP contribution in [0, 0.1) is 17.3 Å². The molecule has 0 spiro atoms. The zero-order valence-electron chi connectivity index (χ0n) is 11.9. The van der Waals surface area contributed by atoms with E-state index in [4.69, 9.17) is 4.74 Å². The molecule has 1 N–H and O–H groups in total. The standard InChI is InChI=1S/C16H29NO/c1-2-10-17-12-16(14-5-3-4-6-14)9-11-18-15(16)13-7-8-13/h13-15,17H,2-12H2,1H3. The van der Waals surface area contributed by atoms with E-state index in [2.05, 4.69) is 12.2 Å². The highest BCUT2D eigenvalue weighted by molar-refractivity contribution is 5.04. The lowest BCUT2D eigenvalue weighted by atomic mass is 9.68. The van der Waals surface area contributed by atoms with Crippen LogP contribution in [0.25, 0.3) is 0 Å². The molecule has 0 aromatic heterocycles. The van der Waals surface area contributed by atoms with Crippen molar-refractivity contribution in [3.05, 3.63) is 0 Å². The maximum atomic E-state index is 6.20. The fourth-order valence-electron chi connectivity index (χ4n) is 4.46. The molecule has 1 aliphatic heterocycles. The third kappa shape index (κ3) is 2.34. The van der Waals surface area contributed by atoms with E-state index in [1.54, 1.807) is 0 Å². The van der Waals surface area contributed by atoms with Crippen LogP contribution < -0.4 is 5.32 Å². The first-order valence-corrected chi connectivity index (χ1v) is 8.19. The van der Waals surface area contributed by atoms with Gasteiger partial charge in [-0.3, -0.25) is 0 Å². The lowest BCUT2D eigenvalue weighted by Gasteiger charge is -2.40. The second-order valence-electron chi connectivity index (χ2n) is 6.77. The molecule has 1 heterocycles. The van der Waals surface area contributed by atoms with Crippen molar-refractivity contribution in [1.29, 1.82) is 0 Å². The fraction of sp³-hybridized carbons (Fsp3) is 1.00. The highest BCUT2D eigenvalue weighted by Gasteiger charge is 2.54. The quantitative estimate of drug-likeness (QED) is 0.731. The average molecular weight is 251 g/mol. The molecule has 0 amide bonds. The summed E-state index contributed by atoms with van der Waals surface area (Å²) in [5.41, 5.74) is 0.493. The number of hydrogen-bond acceptors (Lipinski definition) is 2. The van der Waals surface area contributed by atoms with Gasteiger partial charge in [0, 0.05) is 18.6 Å². The van der Waals surface area contributed by atoms with Crippen LogP contribution in [0.4, 0.5) is 0 Å². The van der Waals surface area contributed by atoms with Crippen molar-refractivity contribution in [3.63, 3.8) is 0 Å². The molecule has 1 saturated heterocycles. The van der Waals surface area contributed by atoms with E-state index >= 15 is 0 Å². The summed E-state index contributed by atoms with van der Waals surface area (Å²) in [6, 6.07) is 0. The van der Waals surface area contributed by atoms with Crippen LogP contribution in [-0.4, -0.2) is 25.8 Å². The topological polar surface area (TPSA) is 21.3 Å². The van der Waals surface area contributed by atoms with E-state index in [0.29, 0.717) is 11.5 Å². The molecule has 2 nitrogen and oxygen atoms in total. The van der Waals surface area contributed by atoms with Crippen molar-refractivity contribution in [3.8, 4) is 0 Å². The van der Waals surface area contributed by atoms with Gasteiger partial charge in [0.15, 0.2) is 0 Å². The molecule has 3 rings (SSSR count). The summed E-state index contributed by atoms with van der Waals surface area (Å²) in [5.74, 6) is 1.84. The van der Waals surface area contributed by atoms with E-state index in [9.17, 15) is 0 Å². The monoisotopic (exact) mass is 251 g/mol. The second-order valence-corrected chi connectivity index (χ2v) is 6.77. The number of ether oxygens (including phenoxy) is 1. The third-order valence-electron chi connectivity index (χ3n) is 5.53. The van der Waals surface area contributed by atoms with Gasteiger partial charge in [0.2, 0.25) is 0 Å². The van der Waals surface area contributed by atoms with Gasteiger partial charge in [0.25, 0.3) is 0 Å². The fourth-order valence-corrected chi connectivity index (χ4v) is 4.46. The van der Waals surface area contributed by atoms with Gasteiger partial charge < -0.3 is 10.1 Å². The van der Waals surface area contributed by atoms with Crippen LogP contribution >= 0.6 is 0 Å². The summed E-state index contributed by atoms with van der Waals surface area (Å²) in [4.78, 5) is 0. The van der Waals surface area contributed by atoms with E-state index in [0.717, 1.165) is 18.4 Å². The Morgan fingerprint density at radius 1 is 1.17 bits per heavy atom. The van der Waals surface area contributed by atoms with Crippen LogP contribution in [-0.2, 0) is 4.74 Å². The molecular weight excluding hydrogens is 222 g/mol. The molecule has 3 fully saturated rings. The molecule has 2 atom stereocenters. The van der Waals surface area contributed by atoms with Crippen molar-refractivity contribution in [2.45, 2.75) is 64.4 Å². The molecule has 0 aromatic carbocycles. The van der Waals surface area contributed by atoms with Gasteiger partial charge in [0.1, 0.15) is 0 Å². The lowest BCUT2D eigenvalue weighted by molar-refractivity contribution is 0.000513. The van der Waals surface area contributed by atoms with Crippen molar-refractivity contribution in [1.82, 2.24) is 5.32 Å². The molecule has 104 valence electrons. The predicted molar refractivity (Wildman–Crippen MR) is 74.6 cm³/mol. The highest BCUT2D eigenvalue weighted by Crippen LogP contribution is 2.54. The van der Waals surface area contributed by atoms with Crippen molar-refractivity contribution in [2.75, 3.05) is 19.7 Å². The van der Waals surface area contributed by atoms with Crippen LogP contribution in [0.5, 0.6) is 0 Å². The normalized spacial score (nSPS) is 37.5. The van der Waals surface area contributed by atoms with Crippen LogP contribution in [0.2, 0.25) is 0 Å². The first kappa shape index (κ1) is 12.9. The molecule has 0 bridgehead atoms. The van der Waals surface area contributed by atoms with E-state index in [1.165, 1.54) is 64.5 Å². The zero-order chi connectivity index (χ0) is 12.4. The van der Waals surface area contributed by atoms with Crippen LogP contribution in [0.3, 0.4) is 0 Å². The predicted octanol–water partition coefficient (Wildman–Crippen LogP) is 3.36. The minimum absolute atomic E-state index is 0.493. The Morgan fingerprint density at radius 3 is 2.61 bits per heavy atom. The zero-order valence-corrected chi connectivity index (χ0v) is 11.9. The van der Waals surface area contributed by atoms with Crippen molar-refractivity contribution < 1.29 is 4.74 Å². The molecule has 0 aromatic rings. The summed E-state index contributed by atoms with van der Waals surface area (Å²) in [5, 5.41) is 3.73. The summed E-state index contributed by atoms with van der Waals surface area (Å²) in [7, 11) is 0. The number of hydrogen-bond donors (Lipinski definition) is 1. The first-order chi connectivity index (χ1) is 8.87. The maximum Gasteiger partial charge on any atom is 0.0675 e. The van der Waals surface area contributed by atoms with Gasteiger partial charge >= 0.3 is 0 Å². The third-order valence-corrected chi connectivity index (χ3v) is 5.53. The molecule has 18 heavy (non-hydrogen) atoms. The Morgan fingerprint density at radius 2 is 1.94 bits per heavy atom. The van der Waals surface area contributed by atoms with Gasteiger partial charge in [-0.2, -0.15) is 0 Å².